The zero-order valence-electron chi connectivity index (χ0n) is 20.2. The molecule has 0 fully saturated rings. The van der Waals surface area contributed by atoms with Crippen LogP contribution in [0.4, 0.5) is 5.82 Å². The third-order valence-corrected chi connectivity index (χ3v) is 5.87. The summed E-state index contributed by atoms with van der Waals surface area (Å²) in [6.07, 6.45) is 1.35. The zero-order chi connectivity index (χ0) is 25.5. The molecule has 37 heavy (non-hydrogen) atoms. The van der Waals surface area contributed by atoms with Gasteiger partial charge in [0.05, 0.1) is 17.4 Å². The molecule has 9 heteroatoms. The Morgan fingerprint density at radius 1 is 0.892 bits per heavy atom. The Morgan fingerprint density at radius 2 is 1.59 bits per heavy atom. The van der Waals surface area contributed by atoms with Gasteiger partial charge < -0.3 is 10.6 Å². The third-order valence-electron chi connectivity index (χ3n) is 5.87. The molecule has 0 aliphatic rings. The van der Waals surface area contributed by atoms with E-state index in [1.807, 2.05) is 78.9 Å². The van der Waals surface area contributed by atoms with Gasteiger partial charge in [0.2, 0.25) is 5.91 Å². The predicted octanol–water partition coefficient (Wildman–Crippen LogP) is 3.41. The quantitative estimate of drug-likeness (QED) is 0.202. The van der Waals surface area contributed by atoms with E-state index in [-0.39, 0.29) is 17.9 Å². The van der Waals surface area contributed by atoms with Gasteiger partial charge in [-0.1, -0.05) is 54.6 Å². The molecule has 0 bridgehead atoms. The number of carbonyl (C=O) groups is 1. The van der Waals surface area contributed by atoms with Crippen molar-refractivity contribution in [3.05, 3.63) is 101 Å². The third kappa shape index (κ3) is 5.72. The summed E-state index contributed by atoms with van der Waals surface area (Å²) >= 11 is 0. The highest BCUT2D eigenvalue weighted by Crippen LogP contribution is 2.18. The van der Waals surface area contributed by atoms with E-state index in [0.29, 0.717) is 48.9 Å². The van der Waals surface area contributed by atoms with Crippen LogP contribution in [-0.2, 0) is 11.2 Å². The molecule has 9 nitrogen and oxygen atoms in total. The lowest BCUT2D eigenvalue weighted by Gasteiger charge is -2.08. The fourth-order valence-electron chi connectivity index (χ4n) is 4.02. The number of aromatic amines is 1. The molecule has 5 rings (SSSR count). The lowest BCUT2D eigenvalue weighted by atomic mass is 10.2. The number of amides is 1. The number of anilines is 1. The molecular formula is C28H27N6O3+. The van der Waals surface area contributed by atoms with Crippen molar-refractivity contribution in [2.75, 3.05) is 18.4 Å². The van der Waals surface area contributed by atoms with Gasteiger partial charge in [0.15, 0.2) is 11.5 Å². The molecule has 5 aromatic rings. The molecule has 1 amide bonds. The van der Waals surface area contributed by atoms with E-state index < -0.39 is 0 Å². The largest absolute Gasteiger partial charge is 0.374 e. The predicted molar refractivity (Wildman–Crippen MR) is 140 cm³/mol. The first-order valence-electron chi connectivity index (χ1n) is 12.2. The van der Waals surface area contributed by atoms with Crippen LogP contribution in [0.1, 0.15) is 18.7 Å². The normalized spacial score (nSPS) is 10.9. The maximum absolute atomic E-state index is 12.4. The molecule has 0 aliphatic carbocycles. The van der Waals surface area contributed by atoms with Crippen LogP contribution < -0.4 is 20.9 Å². The number of fused-ring (bicyclic) bond motifs is 1. The number of aromatic nitrogens is 4. The monoisotopic (exact) mass is 495 g/mol. The Balaban J connectivity index is 1.14. The van der Waals surface area contributed by atoms with E-state index in [0.717, 1.165) is 16.6 Å². The number of hydrogen-bond donors (Lipinski definition) is 3. The minimum atomic E-state index is -0.218. The summed E-state index contributed by atoms with van der Waals surface area (Å²) in [5.41, 5.74) is 1.58. The summed E-state index contributed by atoms with van der Waals surface area (Å²) in [6.45, 7) is 1.11. The summed E-state index contributed by atoms with van der Waals surface area (Å²) in [4.78, 5) is 29.0. The van der Waals surface area contributed by atoms with E-state index in [9.17, 15) is 9.59 Å². The number of carbonyl (C=O) groups excluding carboxylic acids is 1. The maximum atomic E-state index is 12.4. The van der Waals surface area contributed by atoms with Crippen molar-refractivity contribution in [2.45, 2.75) is 19.3 Å². The van der Waals surface area contributed by atoms with Gasteiger partial charge in [-0.2, -0.15) is 5.10 Å². The molecule has 2 heterocycles. The number of para-hydroxylation sites is 1. The smallest absolute Gasteiger partial charge is 0.368 e. The molecule has 0 atom stereocenters. The van der Waals surface area contributed by atoms with Crippen molar-refractivity contribution < 1.29 is 14.1 Å². The van der Waals surface area contributed by atoms with E-state index >= 15 is 0 Å². The second-order valence-corrected chi connectivity index (χ2v) is 8.49. The molecule has 0 spiro atoms. The Bertz CT molecular complexity index is 1490. The SMILES string of the molecule is O=C(CCc1nc(-c2ccccc2)[n+](-c2ccccc2)o1)NCCCNc1n[nH]c(=O)c2ccccc12. The van der Waals surface area contributed by atoms with Gasteiger partial charge in [-0.25, -0.2) is 5.10 Å². The number of hydrogen-bond acceptors (Lipinski definition) is 6. The molecule has 0 unspecified atom stereocenters. The van der Waals surface area contributed by atoms with Gasteiger partial charge in [0.25, 0.3) is 5.56 Å². The molecule has 0 radical (unpaired) electrons. The first-order chi connectivity index (χ1) is 18.2. The summed E-state index contributed by atoms with van der Waals surface area (Å²) in [6, 6.07) is 26.9. The molecule has 186 valence electrons. The molecule has 3 aromatic carbocycles. The fourth-order valence-corrected chi connectivity index (χ4v) is 4.02. The van der Waals surface area contributed by atoms with E-state index in [2.05, 4.69) is 25.8 Å². The molecule has 0 aliphatic heterocycles. The van der Waals surface area contributed by atoms with Gasteiger partial charge in [-0.3, -0.25) is 14.1 Å². The van der Waals surface area contributed by atoms with Crippen molar-refractivity contribution in [2.24, 2.45) is 0 Å². The van der Waals surface area contributed by atoms with Gasteiger partial charge in [-0.05, 0) is 41.5 Å². The summed E-state index contributed by atoms with van der Waals surface area (Å²) < 4.78 is 7.72. The van der Waals surface area contributed by atoms with Crippen LogP contribution in [-0.4, -0.2) is 34.2 Å². The van der Waals surface area contributed by atoms with Crippen LogP contribution in [0.3, 0.4) is 0 Å². The lowest BCUT2D eigenvalue weighted by Crippen LogP contribution is -2.30. The van der Waals surface area contributed by atoms with E-state index in [4.69, 9.17) is 4.52 Å². The van der Waals surface area contributed by atoms with Crippen LogP contribution in [0.15, 0.2) is 94.2 Å². The van der Waals surface area contributed by atoms with Crippen LogP contribution in [0, 0.1) is 0 Å². The maximum Gasteiger partial charge on any atom is 0.374 e. The van der Waals surface area contributed by atoms with Gasteiger partial charge in [0, 0.05) is 29.9 Å². The molecule has 3 N–H and O–H groups in total. The second kappa shape index (κ2) is 11.3. The summed E-state index contributed by atoms with van der Waals surface area (Å²) in [5.74, 6) is 1.73. The second-order valence-electron chi connectivity index (χ2n) is 8.49. The van der Waals surface area contributed by atoms with Crippen LogP contribution in [0.2, 0.25) is 0 Å². The highest BCUT2D eigenvalue weighted by Gasteiger charge is 2.26. The van der Waals surface area contributed by atoms with Gasteiger partial charge >= 0.3 is 11.7 Å². The highest BCUT2D eigenvalue weighted by atomic mass is 16.5. The van der Waals surface area contributed by atoms with Crippen molar-refractivity contribution in [1.29, 1.82) is 0 Å². The highest BCUT2D eigenvalue weighted by molar-refractivity contribution is 5.90. The summed E-state index contributed by atoms with van der Waals surface area (Å²) in [7, 11) is 0. The molecule has 0 saturated carbocycles. The van der Waals surface area contributed by atoms with Gasteiger partial charge in [-0.15, -0.1) is 0 Å². The molecule has 0 saturated heterocycles. The van der Waals surface area contributed by atoms with E-state index in [1.165, 1.54) is 0 Å². The Hall–Kier alpha value is -4.79. The van der Waals surface area contributed by atoms with Crippen molar-refractivity contribution in [3.63, 3.8) is 0 Å². The fraction of sp³-hybridized carbons (Fsp3) is 0.179. The Morgan fingerprint density at radius 3 is 2.38 bits per heavy atom. The molecule has 2 aromatic heterocycles. The van der Waals surface area contributed by atoms with Crippen molar-refractivity contribution in [1.82, 2.24) is 20.5 Å². The first-order valence-corrected chi connectivity index (χ1v) is 12.2. The number of aryl methyl sites for hydroxylation is 1. The average Bonchev–Trinajstić information content (AvgIpc) is 3.38. The number of nitrogens with zero attached hydrogens (tertiary/aromatic N) is 3. The van der Waals surface area contributed by atoms with Crippen LogP contribution >= 0.6 is 0 Å². The van der Waals surface area contributed by atoms with Crippen LogP contribution in [0.25, 0.3) is 27.8 Å². The number of benzene rings is 3. The number of H-pyrrole nitrogens is 1. The zero-order valence-corrected chi connectivity index (χ0v) is 20.2. The minimum absolute atomic E-state index is 0.0710. The number of rotatable bonds is 10. The Labute approximate surface area is 213 Å². The number of nitrogens with one attached hydrogen (secondary N) is 3. The lowest BCUT2D eigenvalue weighted by molar-refractivity contribution is -0.776. The summed E-state index contributed by atoms with van der Waals surface area (Å²) in [5, 5.41) is 14.1. The first kappa shape index (κ1) is 23.9. The van der Waals surface area contributed by atoms with Crippen LogP contribution in [0.5, 0.6) is 0 Å². The molecular weight excluding hydrogens is 468 g/mol. The Kier molecular flexibility index (Phi) is 7.31. The minimum Gasteiger partial charge on any atom is -0.368 e. The van der Waals surface area contributed by atoms with Crippen molar-refractivity contribution in [3.8, 4) is 17.1 Å². The average molecular weight is 496 g/mol. The van der Waals surface area contributed by atoms with E-state index in [1.54, 1.807) is 10.8 Å². The standard InChI is InChI=1S/C28H26N6O3/c35-24(29-18-9-19-30-26-22-14-7-8-15-23(22)28(36)33-32-26)16-17-25-31-27(20-10-3-1-4-11-20)34(37-25)21-12-5-2-6-13-21/h1-8,10-15H,9,16-19H2,(H2-,29,30,32,33,35,36)/p+1. The van der Waals surface area contributed by atoms with Crippen molar-refractivity contribution >= 4 is 22.5 Å². The van der Waals surface area contributed by atoms with Gasteiger partial charge in [0.1, 0.15) is 0 Å². The topological polar surface area (TPSA) is 117 Å².